The van der Waals surface area contributed by atoms with Crippen molar-refractivity contribution in [1.29, 1.82) is 0 Å². The zero-order valence-corrected chi connectivity index (χ0v) is 20.1. The number of H-pyrrole nitrogens is 1. The molecule has 1 saturated heterocycles. The minimum absolute atomic E-state index is 0.00756. The number of alkyl carbamates (subject to hydrolysis) is 1. The van der Waals surface area contributed by atoms with Gasteiger partial charge in [-0.05, 0) is 26.7 Å². The number of aromatic nitrogens is 4. The van der Waals surface area contributed by atoms with E-state index in [0.29, 0.717) is 6.42 Å². The maximum absolute atomic E-state index is 12.8. The fourth-order valence-electron chi connectivity index (χ4n) is 3.39. The van der Waals surface area contributed by atoms with E-state index in [9.17, 15) is 24.3 Å². The van der Waals surface area contributed by atoms with E-state index in [4.69, 9.17) is 4.74 Å². The molecule has 1 aliphatic rings. The van der Waals surface area contributed by atoms with Gasteiger partial charge in [-0.15, -0.1) is 10.2 Å². The third kappa shape index (κ3) is 7.93. The molecule has 0 spiro atoms. The van der Waals surface area contributed by atoms with Crippen LogP contribution in [0.15, 0.2) is 0 Å². The van der Waals surface area contributed by atoms with Gasteiger partial charge in [-0.25, -0.2) is 4.79 Å². The molecule has 0 saturated carbocycles. The quantitative estimate of drug-likeness (QED) is 0.288. The third-order valence-corrected chi connectivity index (χ3v) is 5.29. The number of aliphatic hydroxyl groups excluding tert-OH is 1. The Bertz CT molecular complexity index is 856. The van der Waals surface area contributed by atoms with Crippen molar-refractivity contribution < 1.29 is 29.0 Å². The minimum atomic E-state index is -0.911. The van der Waals surface area contributed by atoms with E-state index >= 15 is 0 Å². The van der Waals surface area contributed by atoms with Gasteiger partial charge in [0.1, 0.15) is 17.7 Å². The molecule has 1 aliphatic heterocycles. The van der Waals surface area contributed by atoms with Crippen LogP contribution in [0.25, 0.3) is 0 Å². The molecule has 0 unspecified atom stereocenters. The predicted molar refractivity (Wildman–Crippen MR) is 118 cm³/mol. The molecule has 14 nitrogen and oxygen atoms in total. The number of likely N-dealkylation sites (tertiary alicyclic amines) is 1. The molecule has 1 aromatic heterocycles. The number of carbonyl (C=O) groups is 4. The van der Waals surface area contributed by atoms with Crippen molar-refractivity contribution in [3.8, 4) is 0 Å². The largest absolute Gasteiger partial charge is 0.444 e. The van der Waals surface area contributed by atoms with Gasteiger partial charge in [-0.1, -0.05) is 25.5 Å². The average molecular weight is 483 g/mol. The van der Waals surface area contributed by atoms with Crippen molar-refractivity contribution in [2.45, 2.75) is 77.8 Å². The van der Waals surface area contributed by atoms with Crippen LogP contribution in [-0.2, 0) is 25.7 Å². The van der Waals surface area contributed by atoms with Gasteiger partial charge in [0.2, 0.25) is 17.7 Å². The normalized spacial score (nSPS) is 19.8. The van der Waals surface area contributed by atoms with Crippen LogP contribution in [0.5, 0.6) is 0 Å². The highest BCUT2D eigenvalue weighted by molar-refractivity contribution is 5.92. The van der Waals surface area contributed by atoms with Gasteiger partial charge in [0.25, 0.3) is 0 Å². The average Bonchev–Trinajstić information content (AvgIpc) is 3.41. The number of hydrogen-bond donors (Lipinski definition) is 5. The summed E-state index contributed by atoms with van der Waals surface area (Å²) in [6.07, 6.45) is -0.946. The number of β-amino-alcohol motifs (C(OH)–C–C–N with tert-alkyl or cyclic N) is 1. The summed E-state index contributed by atoms with van der Waals surface area (Å²) in [7, 11) is 0. The summed E-state index contributed by atoms with van der Waals surface area (Å²) in [5, 5.41) is 30.8. The molecule has 0 bridgehead atoms. The van der Waals surface area contributed by atoms with Gasteiger partial charge >= 0.3 is 6.09 Å². The van der Waals surface area contributed by atoms with Gasteiger partial charge in [-0.2, -0.15) is 5.21 Å². The number of aromatic amines is 1. The summed E-state index contributed by atoms with van der Waals surface area (Å²) < 4.78 is 5.23. The highest BCUT2D eigenvalue weighted by Crippen LogP contribution is 2.18. The summed E-state index contributed by atoms with van der Waals surface area (Å²) in [6.45, 7) is 8.37. The van der Waals surface area contributed by atoms with Gasteiger partial charge in [0, 0.05) is 13.0 Å². The van der Waals surface area contributed by atoms with Crippen LogP contribution in [0.2, 0.25) is 0 Å². The monoisotopic (exact) mass is 482 g/mol. The first kappa shape index (κ1) is 27.0. The van der Waals surface area contributed by atoms with E-state index < -0.39 is 54.1 Å². The lowest BCUT2D eigenvalue weighted by atomic mass is 9.98. The predicted octanol–water partition coefficient (Wildman–Crippen LogP) is -1.17. The van der Waals surface area contributed by atoms with Crippen LogP contribution >= 0.6 is 0 Å². The van der Waals surface area contributed by atoms with Gasteiger partial charge in [-0.3, -0.25) is 14.4 Å². The number of tetrazole rings is 1. The fraction of sp³-hybridized carbons (Fsp3) is 0.750. The maximum atomic E-state index is 12.8. The van der Waals surface area contributed by atoms with Crippen molar-refractivity contribution >= 4 is 23.8 Å². The Morgan fingerprint density at radius 1 is 1.26 bits per heavy atom. The topological polar surface area (TPSA) is 192 Å². The number of nitrogens with zero attached hydrogens (tertiary/aromatic N) is 4. The molecular formula is C20H34N8O6. The van der Waals surface area contributed by atoms with E-state index in [1.807, 2.05) is 6.92 Å². The first-order valence-electron chi connectivity index (χ1n) is 11.2. The molecule has 4 amide bonds. The standard InChI is InChI=1S/C20H34N8O6/c1-6-11(2)16(23-19(33)34-20(3,4)5)18(32)22-9-15(30)28-10-12(29)7-13(28)17(31)21-8-14-24-26-27-25-14/h11-13,16,29H,6-10H2,1-5H3,(H,21,31)(H,22,32)(H,23,33)(H,24,25,26,27)/t11-,12+,13-,16-/m0/s1. The molecule has 0 aliphatic carbocycles. The molecule has 2 heterocycles. The molecule has 0 radical (unpaired) electrons. The number of amides is 4. The molecule has 34 heavy (non-hydrogen) atoms. The van der Waals surface area contributed by atoms with Crippen molar-refractivity contribution in [2.75, 3.05) is 13.1 Å². The molecule has 190 valence electrons. The number of rotatable bonds is 9. The zero-order valence-electron chi connectivity index (χ0n) is 20.1. The van der Waals surface area contributed by atoms with Gasteiger partial charge in [0.05, 0.1) is 19.2 Å². The van der Waals surface area contributed by atoms with E-state index in [1.165, 1.54) is 4.90 Å². The first-order valence-corrected chi connectivity index (χ1v) is 11.2. The number of aliphatic hydroxyl groups is 1. The third-order valence-electron chi connectivity index (χ3n) is 5.29. The molecule has 14 heteroatoms. The summed E-state index contributed by atoms with van der Waals surface area (Å²) >= 11 is 0. The highest BCUT2D eigenvalue weighted by atomic mass is 16.6. The lowest BCUT2D eigenvalue weighted by molar-refractivity contribution is -0.139. The summed E-state index contributed by atoms with van der Waals surface area (Å²) in [5.41, 5.74) is -0.730. The second-order valence-corrected chi connectivity index (χ2v) is 9.22. The first-order chi connectivity index (χ1) is 15.9. The number of carbonyl (C=O) groups excluding carboxylic acids is 4. The highest BCUT2D eigenvalue weighted by Gasteiger charge is 2.39. The molecule has 2 rings (SSSR count). The Labute approximate surface area is 197 Å². The summed E-state index contributed by atoms with van der Waals surface area (Å²) in [5.74, 6) is -1.52. The van der Waals surface area contributed by atoms with Crippen LogP contribution in [0.1, 0.15) is 53.3 Å². The number of hydrogen-bond acceptors (Lipinski definition) is 9. The van der Waals surface area contributed by atoms with Crippen LogP contribution in [0, 0.1) is 5.92 Å². The second-order valence-electron chi connectivity index (χ2n) is 9.22. The smallest absolute Gasteiger partial charge is 0.408 e. The van der Waals surface area contributed by atoms with Crippen molar-refractivity contribution in [3.63, 3.8) is 0 Å². The molecule has 4 atom stereocenters. The maximum Gasteiger partial charge on any atom is 0.408 e. The molecule has 1 aromatic rings. The number of nitrogens with one attached hydrogen (secondary N) is 4. The van der Waals surface area contributed by atoms with Crippen molar-refractivity contribution in [3.05, 3.63) is 5.82 Å². The Balaban J connectivity index is 1.95. The summed E-state index contributed by atoms with van der Waals surface area (Å²) in [4.78, 5) is 51.5. The van der Waals surface area contributed by atoms with E-state index in [2.05, 4.69) is 36.6 Å². The fourth-order valence-corrected chi connectivity index (χ4v) is 3.39. The van der Waals surface area contributed by atoms with Crippen molar-refractivity contribution in [2.24, 2.45) is 5.92 Å². The van der Waals surface area contributed by atoms with E-state index in [1.54, 1.807) is 27.7 Å². The second kappa shape index (κ2) is 11.7. The molecule has 1 fully saturated rings. The molecule has 5 N–H and O–H groups in total. The van der Waals surface area contributed by atoms with Crippen LogP contribution in [0.3, 0.4) is 0 Å². The van der Waals surface area contributed by atoms with Crippen LogP contribution < -0.4 is 16.0 Å². The van der Waals surface area contributed by atoms with Crippen LogP contribution in [-0.4, -0.2) is 91.3 Å². The Hall–Kier alpha value is -3.29. The van der Waals surface area contributed by atoms with Crippen molar-refractivity contribution in [1.82, 2.24) is 41.5 Å². The number of ether oxygens (including phenoxy) is 1. The van der Waals surface area contributed by atoms with Crippen LogP contribution in [0.4, 0.5) is 4.79 Å². The van der Waals surface area contributed by atoms with E-state index in [-0.39, 0.29) is 31.3 Å². The SMILES string of the molecule is CC[C@H](C)[C@H](NC(=O)OC(C)(C)C)C(=O)NCC(=O)N1C[C@H](O)C[C@H]1C(=O)NCc1nn[nH]n1. The van der Waals surface area contributed by atoms with Gasteiger partial charge in [0.15, 0.2) is 5.82 Å². The molecule has 0 aromatic carbocycles. The molecular weight excluding hydrogens is 448 g/mol. The lowest BCUT2D eigenvalue weighted by Gasteiger charge is -2.27. The Kier molecular flexibility index (Phi) is 9.29. The minimum Gasteiger partial charge on any atom is -0.444 e. The summed E-state index contributed by atoms with van der Waals surface area (Å²) in [6, 6.07) is -1.82. The Morgan fingerprint density at radius 2 is 1.97 bits per heavy atom. The Morgan fingerprint density at radius 3 is 2.56 bits per heavy atom. The zero-order chi connectivity index (χ0) is 25.5. The van der Waals surface area contributed by atoms with E-state index in [0.717, 1.165) is 0 Å². The van der Waals surface area contributed by atoms with Gasteiger partial charge < -0.3 is 30.7 Å². The lowest BCUT2D eigenvalue weighted by Crippen LogP contribution is -2.54.